The monoisotopic (exact) mass is 697 g/mol. The molecule has 0 radical (unpaired) electrons. The molecular formula is C35H43N3O12. The van der Waals surface area contributed by atoms with Crippen molar-refractivity contribution in [2.45, 2.75) is 101 Å². The van der Waals surface area contributed by atoms with E-state index >= 15 is 0 Å². The maximum absolute atomic E-state index is 14.0. The highest BCUT2D eigenvalue weighted by Gasteiger charge is 2.50. The molecule has 2 aliphatic carbocycles. The zero-order valence-electron chi connectivity index (χ0n) is 28.1. The molecule has 7 atom stereocenters. The van der Waals surface area contributed by atoms with Crippen LogP contribution in [0.1, 0.15) is 101 Å². The van der Waals surface area contributed by atoms with Crippen molar-refractivity contribution >= 4 is 23.2 Å². The molecule has 0 saturated carbocycles. The molecule has 270 valence electrons. The Kier molecular flexibility index (Phi) is 10.3. The summed E-state index contributed by atoms with van der Waals surface area (Å²) in [6.45, 7) is 3.17. The molecule has 6 rings (SSSR count). The van der Waals surface area contributed by atoms with Gasteiger partial charge in [0.15, 0.2) is 18.4 Å². The van der Waals surface area contributed by atoms with Crippen molar-refractivity contribution in [2.75, 3.05) is 20.3 Å². The van der Waals surface area contributed by atoms with Gasteiger partial charge in [0.2, 0.25) is 11.7 Å². The molecule has 0 spiro atoms. The van der Waals surface area contributed by atoms with E-state index in [1.54, 1.807) is 13.8 Å². The van der Waals surface area contributed by atoms with Gasteiger partial charge >= 0.3 is 0 Å². The number of hydrazone groups is 1. The molecule has 4 aliphatic rings. The van der Waals surface area contributed by atoms with E-state index in [0.29, 0.717) is 6.61 Å². The number of aliphatic hydroxyl groups is 2. The van der Waals surface area contributed by atoms with Gasteiger partial charge in [0.25, 0.3) is 0 Å². The second-order valence-corrected chi connectivity index (χ2v) is 13.1. The number of amides is 1. The average molecular weight is 698 g/mol. The number of nitrogens with one attached hydrogen (secondary N) is 1. The SMILES string of the molecule is CCC(=O)N/N=C(\CO)[C@]1(O)Cc2c(O)c3c(c(O)c2[C@@H](O[C@H]2C[C@H](N)[C@H](O[C@@H]4CCCCO4)[C@H](C)O2)C1)C(=O)c1c(OC)cccc1C3=O. The summed E-state index contributed by atoms with van der Waals surface area (Å²) >= 11 is 0. The molecule has 0 bridgehead atoms. The fraction of sp³-hybridized carbons (Fsp3) is 0.543. The quantitative estimate of drug-likeness (QED) is 0.107. The van der Waals surface area contributed by atoms with Crippen molar-refractivity contribution in [2.24, 2.45) is 10.8 Å². The fourth-order valence-electron chi connectivity index (χ4n) is 7.30. The van der Waals surface area contributed by atoms with Crippen molar-refractivity contribution in [3.63, 3.8) is 0 Å². The second kappa shape index (κ2) is 14.3. The van der Waals surface area contributed by atoms with Gasteiger partial charge in [-0.1, -0.05) is 19.1 Å². The Labute approximate surface area is 288 Å². The number of methoxy groups -OCH3 is 1. The molecule has 2 aromatic carbocycles. The molecule has 2 saturated heterocycles. The van der Waals surface area contributed by atoms with E-state index in [1.807, 2.05) is 0 Å². The summed E-state index contributed by atoms with van der Waals surface area (Å²) in [6, 6.07) is 3.87. The Balaban J connectivity index is 1.41. The van der Waals surface area contributed by atoms with Gasteiger partial charge in [-0.15, -0.1) is 0 Å². The number of hydrogen-bond donors (Lipinski definition) is 6. The minimum atomic E-state index is -2.07. The number of phenols is 2. The molecule has 15 heteroatoms. The lowest BCUT2D eigenvalue weighted by molar-refractivity contribution is -0.280. The first kappa shape index (κ1) is 35.9. The van der Waals surface area contributed by atoms with Gasteiger partial charge in [0, 0.05) is 55.0 Å². The number of phenolic OH excluding ortho intramolecular Hbond substituents is 2. The van der Waals surface area contributed by atoms with E-state index in [9.17, 15) is 34.8 Å². The van der Waals surface area contributed by atoms with Gasteiger partial charge < -0.3 is 49.8 Å². The number of carbonyl (C=O) groups excluding carboxylic acids is 3. The number of aromatic hydroxyl groups is 2. The summed E-state index contributed by atoms with van der Waals surface area (Å²) < 4.78 is 29.8. The third-order valence-electron chi connectivity index (χ3n) is 9.88. The Bertz CT molecular complexity index is 1690. The number of nitrogens with zero attached hydrogens (tertiary/aromatic N) is 1. The lowest BCUT2D eigenvalue weighted by Crippen LogP contribution is -2.55. The molecule has 50 heavy (non-hydrogen) atoms. The van der Waals surface area contributed by atoms with Crippen LogP contribution in [0.5, 0.6) is 17.2 Å². The first-order valence-corrected chi connectivity index (χ1v) is 16.8. The molecule has 1 amide bonds. The summed E-state index contributed by atoms with van der Waals surface area (Å²) in [4.78, 5) is 39.9. The van der Waals surface area contributed by atoms with E-state index in [-0.39, 0.29) is 53.0 Å². The maximum Gasteiger partial charge on any atom is 0.239 e. The molecule has 15 nitrogen and oxygen atoms in total. The molecule has 2 heterocycles. The molecule has 2 aromatic rings. The van der Waals surface area contributed by atoms with E-state index < -0.39 is 95.7 Å². The topological polar surface area (TPSA) is 229 Å². The highest BCUT2D eigenvalue weighted by molar-refractivity contribution is 6.31. The van der Waals surface area contributed by atoms with Gasteiger partial charge in [-0.2, -0.15) is 5.10 Å². The van der Waals surface area contributed by atoms with Gasteiger partial charge in [-0.3, -0.25) is 14.4 Å². The van der Waals surface area contributed by atoms with E-state index in [2.05, 4.69) is 10.5 Å². The van der Waals surface area contributed by atoms with Crippen LogP contribution < -0.4 is 15.9 Å². The number of benzene rings is 2. The number of nitrogens with two attached hydrogens (primary N) is 1. The minimum absolute atomic E-state index is 0.0377. The molecule has 7 N–H and O–H groups in total. The summed E-state index contributed by atoms with van der Waals surface area (Å²) in [6.07, 6.45) is -1.81. The number of fused-ring (bicyclic) bond motifs is 3. The van der Waals surface area contributed by atoms with Crippen LogP contribution in [-0.2, 0) is 30.2 Å². The second-order valence-electron chi connectivity index (χ2n) is 13.1. The van der Waals surface area contributed by atoms with Crippen LogP contribution in [0, 0.1) is 0 Å². The first-order chi connectivity index (χ1) is 23.9. The van der Waals surface area contributed by atoms with Gasteiger partial charge in [-0.05, 0) is 32.3 Å². The van der Waals surface area contributed by atoms with Crippen LogP contribution in [0.25, 0.3) is 0 Å². The Morgan fingerprint density at radius 2 is 1.86 bits per heavy atom. The largest absolute Gasteiger partial charge is 0.507 e. The number of aliphatic hydroxyl groups excluding tert-OH is 1. The molecule has 2 fully saturated rings. The number of hydrogen-bond acceptors (Lipinski definition) is 14. The van der Waals surface area contributed by atoms with Crippen LogP contribution in [0.15, 0.2) is 23.3 Å². The standard InChI is InChI=1S/C35H43N3O12/c1-4-23(40)38-37-22(15-39)35(45)13-18-27(21(14-35)49-25-12-19(36)34(16(2)48-25)50-24-10-5-6-11-47-24)33(44)29-28(31(18)42)30(41)17-8-7-9-20(46-3)26(17)32(29)43/h7-9,16,19,21,24-25,34,39,42,44-45H,4-6,10-15,36H2,1-3H3,(H,38,40)/b37-22+/t16-,19-,21-,24+,25-,34+,35-/m0/s1. The van der Waals surface area contributed by atoms with E-state index in [0.717, 1.165) is 19.3 Å². The van der Waals surface area contributed by atoms with Crippen molar-refractivity contribution in [1.82, 2.24) is 5.43 Å². The lowest BCUT2D eigenvalue weighted by Gasteiger charge is -2.44. The number of rotatable bonds is 9. The third kappa shape index (κ3) is 6.38. The Morgan fingerprint density at radius 1 is 1.10 bits per heavy atom. The van der Waals surface area contributed by atoms with Crippen molar-refractivity contribution < 1.29 is 58.5 Å². The Morgan fingerprint density at radius 3 is 2.52 bits per heavy atom. The van der Waals surface area contributed by atoms with Gasteiger partial charge in [0.1, 0.15) is 29.0 Å². The first-order valence-electron chi connectivity index (χ1n) is 16.8. The van der Waals surface area contributed by atoms with Crippen LogP contribution in [-0.4, -0.2) is 100 Å². The zero-order valence-corrected chi connectivity index (χ0v) is 28.1. The van der Waals surface area contributed by atoms with Crippen molar-refractivity contribution in [1.29, 1.82) is 0 Å². The van der Waals surface area contributed by atoms with Crippen LogP contribution >= 0.6 is 0 Å². The number of carbonyl (C=O) groups is 3. The normalized spacial score (nSPS) is 29.5. The highest BCUT2D eigenvalue weighted by atomic mass is 16.7. The van der Waals surface area contributed by atoms with E-state index in [1.165, 1.54) is 25.3 Å². The average Bonchev–Trinajstić information content (AvgIpc) is 3.10. The zero-order chi connectivity index (χ0) is 35.9. The Hall–Kier alpha value is -3.96. The maximum atomic E-state index is 14.0. The molecular weight excluding hydrogens is 654 g/mol. The van der Waals surface area contributed by atoms with Crippen molar-refractivity contribution in [3.05, 3.63) is 51.6 Å². The molecule has 2 aliphatic heterocycles. The highest BCUT2D eigenvalue weighted by Crippen LogP contribution is 2.52. The number of ketones is 2. The molecule has 0 unspecified atom stereocenters. The van der Waals surface area contributed by atoms with Crippen LogP contribution in [0.4, 0.5) is 0 Å². The predicted molar refractivity (Wildman–Crippen MR) is 175 cm³/mol. The number of ether oxygens (including phenoxy) is 5. The third-order valence-corrected chi connectivity index (χ3v) is 9.88. The smallest absolute Gasteiger partial charge is 0.239 e. The summed E-state index contributed by atoms with van der Waals surface area (Å²) in [7, 11) is 1.34. The van der Waals surface area contributed by atoms with Crippen LogP contribution in [0.3, 0.4) is 0 Å². The van der Waals surface area contributed by atoms with E-state index in [4.69, 9.17) is 29.4 Å². The van der Waals surface area contributed by atoms with Gasteiger partial charge in [-0.25, -0.2) is 5.43 Å². The predicted octanol–water partition coefficient (Wildman–Crippen LogP) is 1.87. The summed E-state index contributed by atoms with van der Waals surface area (Å²) in [5.41, 5.74) is 5.35. The fourth-order valence-corrected chi connectivity index (χ4v) is 7.30. The molecule has 0 aromatic heterocycles. The summed E-state index contributed by atoms with van der Waals surface area (Å²) in [5.74, 6) is -3.15. The van der Waals surface area contributed by atoms with Crippen molar-refractivity contribution in [3.8, 4) is 17.2 Å². The summed E-state index contributed by atoms with van der Waals surface area (Å²) in [5, 5.41) is 50.0. The van der Waals surface area contributed by atoms with Crippen LogP contribution in [0.2, 0.25) is 0 Å². The minimum Gasteiger partial charge on any atom is -0.507 e. The lowest BCUT2D eigenvalue weighted by atomic mass is 9.71. The van der Waals surface area contributed by atoms with Gasteiger partial charge in [0.05, 0.1) is 48.3 Å².